The molecule has 0 bridgehead atoms. The van der Waals surface area contributed by atoms with Gasteiger partial charge < -0.3 is 5.11 Å². The number of carbonyl (C=O) groups excluding carboxylic acids is 1. The van der Waals surface area contributed by atoms with Crippen LogP contribution in [0.3, 0.4) is 0 Å². The molecule has 2 heteroatoms. The number of aliphatic hydroxyl groups is 1. The molecule has 0 saturated heterocycles. The van der Waals surface area contributed by atoms with Crippen molar-refractivity contribution in [2.45, 2.75) is 44.6 Å². The zero-order valence-electron chi connectivity index (χ0n) is 14.3. The second-order valence-electron chi connectivity index (χ2n) is 6.94. The van der Waals surface area contributed by atoms with Crippen LogP contribution < -0.4 is 0 Å². The standard InChI is InChI=1S/C22H26O2/c1-2-10-17-13-9-16-22(24,19-14-7-4-8-15-19)20(17)21(23)18-11-5-3-6-12-18/h3-8,11-12,14-15,17,20,24H,2,9-10,13,16H2,1H3/t17-,20-,22+/m1/s1. The number of hydrogen-bond acceptors (Lipinski definition) is 2. The van der Waals surface area contributed by atoms with Crippen molar-refractivity contribution < 1.29 is 9.90 Å². The van der Waals surface area contributed by atoms with E-state index in [4.69, 9.17) is 0 Å². The number of carbonyl (C=O) groups is 1. The maximum absolute atomic E-state index is 13.3. The summed E-state index contributed by atoms with van der Waals surface area (Å²) in [5, 5.41) is 11.6. The molecule has 3 atom stereocenters. The maximum Gasteiger partial charge on any atom is 0.169 e. The molecule has 2 aromatic rings. The van der Waals surface area contributed by atoms with Crippen LogP contribution >= 0.6 is 0 Å². The smallest absolute Gasteiger partial charge is 0.169 e. The molecule has 1 N–H and O–H groups in total. The zero-order chi connectivity index (χ0) is 17.0. The Morgan fingerprint density at radius 1 is 1.08 bits per heavy atom. The van der Waals surface area contributed by atoms with E-state index in [1.54, 1.807) is 0 Å². The topological polar surface area (TPSA) is 37.3 Å². The highest BCUT2D eigenvalue weighted by Crippen LogP contribution is 2.47. The van der Waals surface area contributed by atoms with Crippen molar-refractivity contribution in [2.75, 3.05) is 0 Å². The fraction of sp³-hybridized carbons (Fsp3) is 0.409. The van der Waals surface area contributed by atoms with Crippen LogP contribution in [0.4, 0.5) is 0 Å². The van der Waals surface area contributed by atoms with Gasteiger partial charge in [-0.05, 0) is 37.2 Å². The lowest BCUT2D eigenvalue weighted by molar-refractivity contribution is -0.0662. The monoisotopic (exact) mass is 322 g/mol. The largest absolute Gasteiger partial charge is 0.384 e. The first kappa shape index (κ1) is 16.9. The van der Waals surface area contributed by atoms with E-state index in [1.165, 1.54) is 0 Å². The number of ketones is 1. The molecule has 1 fully saturated rings. The average molecular weight is 322 g/mol. The van der Waals surface area contributed by atoms with Crippen molar-refractivity contribution in [3.63, 3.8) is 0 Å². The van der Waals surface area contributed by atoms with E-state index < -0.39 is 5.60 Å². The van der Waals surface area contributed by atoms with Crippen molar-refractivity contribution in [2.24, 2.45) is 11.8 Å². The highest BCUT2D eigenvalue weighted by Gasteiger charge is 2.48. The number of rotatable bonds is 5. The Hall–Kier alpha value is -1.93. The second-order valence-corrected chi connectivity index (χ2v) is 6.94. The molecule has 0 spiro atoms. The molecule has 0 amide bonds. The van der Waals surface area contributed by atoms with Crippen LogP contribution in [-0.2, 0) is 5.60 Å². The summed E-state index contributed by atoms with van der Waals surface area (Å²) in [6.45, 7) is 2.15. The van der Waals surface area contributed by atoms with Gasteiger partial charge in [0.25, 0.3) is 0 Å². The van der Waals surface area contributed by atoms with E-state index in [2.05, 4.69) is 6.92 Å². The zero-order valence-corrected chi connectivity index (χ0v) is 14.3. The third-order valence-electron chi connectivity index (χ3n) is 5.39. The van der Waals surface area contributed by atoms with Gasteiger partial charge in [0.05, 0.1) is 11.5 Å². The molecule has 0 aromatic heterocycles. The van der Waals surface area contributed by atoms with Crippen LogP contribution in [-0.4, -0.2) is 10.9 Å². The predicted octanol–water partition coefficient (Wildman–Crippen LogP) is 4.97. The molecule has 0 radical (unpaired) electrons. The number of Topliss-reactive ketones (excluding diaryl/α,β-unsaturated/α-hetero) is 1. The predicted molar refractivity (Wildman–Crippen MR) is 96.9 cm³/mol. The van der Waals surface area contributed by atoms with E-state index in [0.717, 1.165) is 31.2 Å². The Morgan fingerprint density at radius 3 is 2.33 bits per heavy atom. The van der Waals surface area contributed by atoms with Gasteiger partial charge in [0.1, 0.15) is 0 Å². The fourth-order valence-electron chi connectivity index (χ4n) is 4.29. The van der Waals surface area contributed by atoms with E-state index in [9.17, 15) is 9.90 Å². The second kappa shape index (κ2) is 7.31. The van der Waals surface area contributed by atoms with Gasteiger partial charge in [0.2, 0.25) is 0 Å². The molecular formula is C22H26O2. The minimum absolute atomic E-state index is 0.0834. The molecule has 2 aromatic carbocycles. The van der Waals surface area contributed by atoms with Crippen molar-refractivity contribution in [3.05, 3.63) is 71.8 Å². The van der Waals surface area contributed by atoms with Crippen molar-refractivity contribution in [3.8, 4) is 0 Å². The first-order valence-electron chi connectivity index (χ1n) is 9.04. The van der Waals surface area contributed by atoms with Gasteiger partial charge in [0.15, 0.2) is 5.78 Å². The average Bonchev–Trinajstić information content (AvgIpc) is 2.63. The van der Waals surface area contributed by atoms with Gasteiger partial charge >= 0.3 is 0 Å². The molecule has 2 nitrogen and oxygen atoms in total. The van der Waals surface area contributed by atoms with Gasteiger partial charge in [0, 0.05) is 5.56 Å². The van der Waals surface area contributed by atoms with Crippen molar-refractivity contribution >= 4 is 5.78 Å². The summed E-state index contributed by atoms with van der Waals surface area (Å²) in [7, 11) is 0. The summed E-state index contributed by atoms with van der Waals surface area (Å²) in [6, 6.07) is 19.2. The molecule has 3 rings (SSSR count). The molecule has 1 aliphatic rings. The van der Waals surface area contributed by atoms with E-state index >= 15 is 0 Å². The molecule has 126 valence electrons. The normalized spacial score (nSPS) is 26.9. The highest BCUT2D eigenvalue weighted by atomic mass is 16.3. The van der Waals surface area contributed by atoms with Crippen molar-refractivity contribution in [1.82, 2.24) is 0 Å². The van der Waals surface area contributed by atoms with Crippen LogP contribution in [0.5, 0.6) is 0 Å². The SMILES string of the molecule is CCC[C@@H]1CCC[C@](O)(c2ccccc2)[C@H]1C(=O)c1ccccc1. The van der Waals surface area contributed by atoms with Crippen LogP contribution in [0, 0.1) is 11.8 Å². The Balaban J connectivity index is 2.04. The summed E-state index contributed by atoms with van der Waals surface area (Å²) >= 11 is 0. The third kappa shape index (κ3) is 3.16. The van der Waals surface area contributed by atoms with E-state index in [1.807, 2.05) is 60.7 Å². The fourth-order valence-corrected chi connectivity index (χ4v) is 4.29. The molecule has 0 aliphatic heterocycles. The van der Waals surface area contributed by atoms with Gasteiger partial charge in [-0.2, -0.15) is 0 Å². The Bertz CT molecular complexity index is 663. The summed E-state index contributed by atoms with van der Waals surface area (Å²) in [4.78, 5) is 13.3. The first-order valence-corrected chi connectivity index (χ1v) is 9.04. The Morgan fingerprint density at radius 2 is 1.71 bits per heavy atom. The highest BCUT2D eigenvalue weighted by molar-refractivity contribution is 5.99. The van der Waals surface area contributed by atoms with Crippen LogP contribution in [0.1, 0.15) is 54.9 Å². The molecule has 1 saturated carbocycles. The van der Waals surface area contributed by atoms with Crippen LogP contribution in [0.15, 0.2) is 60.7 Å². The lowest BCUT2D eigenvalue weighted by atomic mass is 9.62. The minimum atomic E-state index is -1.06. The molecule has 24 heavy (non-hydrogen) atoms. The third-order valence-corrected chi connectivity index (χ3v) is 5.39. The van der Waals surface area contributed by atoms with Gasteiger partial charge in [-0.1, -0.05) is 74.0 Å². The Labute approximate surface area is 144 Å². The van der Waals surface area contributed by atoms with Crippen LogP contribution in [0.25, 0.3) is 0 Å². The van der Waals surface area contributed by atoms with Crippen molar-refractivity contribution in [1.29, 1.82) is 0 Å². The lowest BCUT2D eigenvalue weighted by Crippen LogP contribution is -2.47. The van der Waals surface area contributed by atoms with Gasteiger partial charge in [-0.15, -0.1) is 0 Å². The number of hydrogen-bond donors (Lipinski definition) is 1. The molecule has 0 heterocycles. The minimum Gasteiger partial charge on any atom is -0.384 e. The summed E-state index contributed by atoms with van der Waals surface area (Å²) < 4.78 is 0. The maximum atomic E-state index is 13.3. The first-order chi connectivity index (χ1) is 11.7. The van der Waals surface area contributed by atoms with E-state index in [-0.39, 0.29) is 17.6 Å². The summed E-state index contributed by atoms with van der Waals surface area (Å²) in [5.74, 6) is -0.0437. The summed E-state index contributed by atoms with van der Waals surface area (Å²) in [5.41, 5.74) is 0.520. The lowest BCUT2D eigenvalue weighted by Gasteiger charge is -2.44. The summed E-state index contributed by atoms with van der Waals surface area (Å²) in [6.07, 6.45) is 4.66. The molecular weight excluding hydrogens is 296 g/mol. The number of benzene rings is 2. The van der Waals surface area contributed by atoms with Gasteiger partial charge in [-0.25, -0.2) is 0 Å². The quantitative estimate of drug-likeness (QED) is 0.789. The molecule has 1 aliphatic carbocycles. The molecule has 0 unspecified atom stereocenters. The van der Waals surface area contributed by atoms with Crippen LogP contribution in [0.2, 0.25) is 0 Å². The van der Waals surface area contributed by atoms with E-state index in [0.29, 0.717) is 12.0 Å². The Kier molecular flexibility index (Phi) is 5.15. The van der Waals surface area contributed by atoms with Gasteiger partial charge in [-0.3, -0.25) is 4.79 Å².